The van der Waals surface area contributed by atoms with E-state index in [0.717, 1.165) is 22.2 Å². The molecule has 0 fully saturated rings. The quantitative estimate of drug-likeness (QED) is 0.820. The van der Waals surface area contributed by atoms with Crippen molar-refractivity contribution in [3.05, 3.63) is 22.7 Å². The summed E-state index contributed by atoms with van der Waals surface area (Å²) in [6.07, 6.45) is 2.51. The minimum absolute atomic E-state index is 0.143. The number of carbonyl (C=O) groups excluding carboxylic acids is 1. The first-order valence-electron chi connectivity index (χ1n) is 6.06. The van der Waals surface area contributed by atoms with Crippen molar-refractivity contribution < 1.29 is 9.53 Å². The number of amides is 1. The van der Waals surface area contributed by atoms with Crippen LogP contribution in [0.4, 0.5) is 5.69 Å². The molecule has 2 heterocycles. The van der Waals surface area contributed by atoms with Gasteiger partial charge in [0.05, 0.1) is 5.69 Å². The number of nitrogens with two attached hydrogens (primary N) is 1. The number of aryl methyl sites for hydroxylation is 1. The van der Waals surface area contributed by atoms with Crippen LogP contribution in [0, 0.1) is 6.92 Å². The van der Waals surface area contributed by atoms with E-state index < -0.39 is 0 Å². The van der Waals surface area contributed by atoms with Crippen molar-refractivity contribution in [2.75, 3.05) is 26.0 Å². The second-order valence-electron chi connectivity index (χ2n) is 4.26. The third-order valence-electron chi connectivity index (χ3n) is 2.85. The molecule has 0 aromatic carbocycles. The molecule has 6 heteroatoms. The molecule has 0 spiro atoms. The molecule has 0 unspecified atom stereocenters. The van der Waals surface area contributed by atoms with Crippen LogP contribution in [0.3, 0.4) is 0 Å². The lowest BCUT2D eigenvalue weighted by molar-refractivity contribution is 0.0953. The zero-order valence-electron chi connectivity index (χ0n) is 11.0. The van der Waals surface area contributed by atoms with Gasteiger partial charge in [0.15, 0.2) is 0 Å². The summed E-state index contributed by atoms with van der Waals surface area (Å²) >= 11 is 1.33. The van der Waals surface area contributed by atoms with Gasteiger partial charge in [0.1, 0.15) is 9.71 Å². The zero-order chi connectivity index (χ0) is 13.8. The molecule has 0 aliphatic heterocycles. The summed E-state index contributed by atoms with van der Waals surface area (Å²) in [7, 11) is 1.64. The Balaban J connectivity index is 2.18. The van der Waals surface area contributed by atoms with Crippen LogP contribution in [0.15, 0.2) is 12.3 Å². The molecule has 2 aromatic heterocycles. The van der Waals surface area contributed by atoms with Gasteiger partial charge in [-0.15, -0.1) is 11.3 Å². The number of nitrogen functional groups attached to an aromatic ring is 1. The molecule has 19 heavy (non-hydrogen) atoms. The molecule has 0 saturated carbocycles. The summed E-state index contributed by atoms with van der Waals surface area (Å²) in [4.78, 5) is 17.7. The highest BCUT2D eigenvalue weighted by atomic mass is 32.1. The van der Waals surface area contributed by atoms with Crippen LogP contribution in [-0.4, -0.2) is 31.2 Å². The van der Waals surface area contributed by atoms with Gasteiger partial charge in [-0.3, -0.25) is 4.79 Å². The second kappa shape index (κ2) is 5.99. The molecule has 102 valence electrons. The van der Waals surface area contributed by atoms with E-state index in [-0.39, 0.29) is 5.91 Å². The van der Waals surface area contributed by atoms with E-state index in [4.69, 9.17) is 10.5 Å². The summed E-state index contributed by atoms with van der Waals surface area (Å²) in [5.74, 6) is -0.143. The topological polar surface area (TPSA) is 77.2 Å². The van der Waals surface area contributed by atoms with Crippen molar-refractivity contribution in [3.8, 4) is 0 Å². The van der Waals surface area contributed by atoms with Crippen molar-refractivity contribution in [2.45, 2.75) is 13.3 Å². The number of fused-ring (bicyclic) bond motifs is 1. The van der Waals surface area contributed by atoms with E-state index >= 15 is 0 Å². The Hall–Kier alpha value is -1.66. The lowest BCUT2D eigenvalue weighted by Gasteiger charge is -2.03. The van der Waals surface area contributed by atoms with Gasteiger partial charge >= 0.3 is 0 Å². The van der Waals surface area contributed by atoms with E-state index in [1.54, 1.807) is 13.3 Å². The second-order valence-corrected chi connectivity index (χ2v) is 5.25. The summed E-state index contributed by atoms with van der Waals surface area (Å²) in [5, 5.41) is 3.72. The smallest absolute Gasteiger partial charge is 0.263 e. The average Bonchev–Trinajstić information content (AvgIpc) is 2.73. The Labute approximate surface area is 115 Å². The third-order valence-corrected chi connectivity index (χ3v) is 3.97. The van der Waals surface area contributed by atoms with Crippen LogP contribution in [0.5, 0.6) is 0 Å². The van der Waals surface area contributed by atoms with Crippen molar-refractivity contribution in [2.24, 2.45) is 0 Å². The number of hydrogen-bond acceptors (Lipinski definition) is 5. The maximum Gasteiger partial charge on any atom is 0.263 e. The normalized spacial score (nSPS) is 10.8. The number of thiophene rings is 1. The number of nitrogens with zero attached hydrogens (tertiary/aromatic N) is 1. The Bertz CT molecular complexity index is 595. The van der Waals surface area contributed by atoms with Gasteiger partial charge in [-0.1, -0.05) is 0 Å². The standard InChI is InChI=1S/C13H17N3O2S/c1-8-4-6-16-13-9(8)10(14)11(19-13)12(17)15-5-3-7-18-2/h4,6H,3,5,7,14H2,1-2H3,(H,15,17). The van der Waals surface area contributed by atoms with Crippen LogP contribution in [0.25, 0.3) is 10.2 Å². The number of anilines is 1. The fourth-order valence-corrected chi connectivity index (χ4v) is 2.93. The first kappa shape index (κ1) is 13.8. The lowest BCUT2D eigenvalue weighted by Crippen LogP contribution is -2.25. The molecule has 0 bridgehead atoms. The third kappa shape index (κ3) is 2.85. The molecule has 3 N–H and O–H groups in total. The molecule has 2 rings (SSSR count). The molecule has 2 aromatic rings. The predicted molar refractivity (Wildman–Crippen MR) is 77.6 cm³/mol. The Morgan fingerprint density at radius 3 is 3.05 bits per heavy atom. The molecule has 0 atom stereocenters. The van der Waals surface area contributed by atoms with Crippen molar-refractivity contribution in [1.82, 2.24) is 10.3 Å². The first-order valence-corrected chi connectivity index (χ1v) is 6.87. The van der Waals surface area contributed by atoms with Crippen LogP contribution < -0.4 is 11.1 Å². The number of rotatable bonds is 5. The molecule has 0 aliphatic rings. The van der Waals surface area contributed by atoms with E-state index in [9.17, 15) is 4.79 Å². The van der Waals surface area contributed by atoms with Crippen molar-refractivity contribution >= 4 is 33.1 Å². The van der Waals surface area contributed by atoms with Gasteiger partial charge in [-0.05, 0) is 25.0 Å². The predicted octanol–water partition coefficient (Wildman–Crippen LogP) is 1.95. The summed E-state index contributed by atoms with van der Waals surface area (Å²) in [5.41, 5.74) is 7.62. The Morgan fingerprint density at radius 1 is 1.58 bits per heavy atom. The fraction of sp³-hybridized carbons (Fsp3) is 0.385. The highest BCUT2D eigenvalue weighted by Gasteiger charge is 2.17. The van der Waals surface area contributed by atoms with Gasteiger partial charge in [0.2, 0.25) is 0 Å². The summed E-state index contributed by atoms with van der Waals surface area (Å²) in [6, 6.07) is 1.89. The maximum atomic E-state index is 12.1. The van der Waals surface area contributed by atoms with E-state index in [1.807, 2.05) is 13.0 Å². The van der Waals surface area contributed by atoms with Crippen LogP contribution >= 0.6 is 11.3 Å². The number of carbonyl (C=O) groups is 1. The number of nitrogens with one attached hydrogen (secondary N) is 1. The summed E-state index contributed by atoms with van der Waals surface area (Å²) < 4.78 is 4.93. The summed E-state index contributed by atoms with van der Waals surface area (Å²) in [6.45, 7) is 3.17. The average molecular weight is 279 g/mol. The minimum Gasteiger partial charge on any atom is -0.397 e. The largest absolute Gasteiger partial charge is 0.397 e. The van der Waals surface area contributed by atoms with Crippen molar-refractivity contribution in [1.29, 1.82) is 0 Å². The highest BCUT2D eigenvalue weighted by Crippen LogP contribution is 2.34. The molecule has 0 aliphatic carbocycles. The zero-order valence-corrected chi connectivity index (χ0v) is 11.8. The highest BCUT2D eigenvalue weighted by molar-refractivity contribution is 7.21. The van der Waals surface area contributed by atoms with Gasteiger partial charge < -0.3 is 15.8 Å². The molecule has 0 radical (unpaired) electrons. The maximum absolute atomic E-state index is 12.1. The molecular formula is C13H17N3O2S. The number of ether oxygens (including phenoxy) is 1. The monoisotopic (exact) mass is 279 g/mol. The van der Waals surface area contributed by atoms with Gasteiger partial charge in [0.25, 0.3) is 5.91 Å². The number of methoxy groups -OCH3 is 1. The molecule has 0 saturated heterocycles. The van der Waals surface area contributed by atoms with E-state index in [1.165, 1.54) is 11.3 Å². The van der Waals surface area contributed by atoms with E-state index in [0.29, 0.717) is 23.7 Å². The molecule has 1 amide bonds. The first-order chi connectivity index (χ1) is 9.15. The van der Waals surface area contributed by atoms with Crippen molar-refractivity contribution in [3.63, 3.8) is 0 Å². The number of hydrogen-bond donors (Lipinski definition) is 2. The van der Waals surface area contributed by atoms with E-state index in [2.05, 4.69) is 10.3 Å². The van der Waals surface area contributed by atoms with Crippen LogP contribution in [0.2, 0.25) is 0 Å². The Kier molecular flexibility index (Phi) is 4.34. The minimum atomic E-state index is -0.143. The van der Waals surface area contributed by atoms with Gasteiger partial charge in [-0.2, -0.15) is 0 Å². The number of aromatic nitrogens is 1. The SMILES string of the molecule is COCCCNC(=O)c1sc2nccc(C)c2c1N. The molecule has 5 nitrogen and oxygen atoms in total. The fourth-order valence-electron chi connectivity index (χ4n) is 1.87. The number of pyridine rings is 1. The van der Waals surface area contributed by atoms with Gasteiger partial charge in [-0.25, -0.2) is 4.98 Å². The van der Waals surface area contributed by atoms with Gasteiger partial charge in [0, 0.05) is 31.8 Å². The van der Waals surface area contributed by atoms with Crippen LogP contribution in [-0.2, 0) is 4.74 Å². The lowest BCUT2D eigenvalue weighted by atomic mass is 10.2. The molecular weight excluding hydrogens is 262 g/mol. The Morgan fingerprint density at radius 2 is 2.37 bits per heavy atom. The van der Waals surface area contributed by atoms with Crippen LogP contribution in [0.1, 0.15) is 21.7 Å².